The standard InChI is InChI=1S/C26H22BrF3N2O2S2/c27-16-9-7-13(8-10-16)20-21-14-5-6-15(11-14)22(21)35-24-23(20)36-25(34)32(24)12-19(33)31-18-4-2-1-3-17(18)26(28,29)30/h1-4,7-10,14-15,20-22H,5-6,11-12H2,(H,31,33)/t14?,15?,20-,21?,22?/m1/s1. The Balaban J connectivity index is 1.35. The third-order valence-corrected chi connectivity index (χ3v) is 11.1. The Labute approximate surface area is 222 Å². The van der Waals surface area contributed by atoms with Crippen LogP contribution in [0.3, 0.4) is 0 Å². The van der Waals surface area contributed by atoms with Gasteiger partial charge in [0, 0.05) is 20.5 Å². The van der Waals surface area contributed by atoms with E-state index in [-0.39, 0.29) is 23.0 Å². The van der Waals surface area contributed by atoms with Gasteiger partial charge in [-0.15, -0.1) is 11.8 Å². The van der Waals surface area contributed by atoms with E-state index in [1.165, 1.54) is 58.9 Å². The molecule has 2 heterocycles. The number of thioether (sulfide) groups is 1. The smallest absolute Gasteiger partial charge is 0.324 e. The molecule has 188 valence electrons. The van der Waals surface area contributed by atoms with E-state index in [1.54, 1.807) is 11.8 Å². The number of benzene rings is 2. The number of hydrogen-bond acceptors (Lipinski definition) is 4. The van der Waals surface area contributed by atoms with Crippen molar-refractivity contribution in [3.63, 3.8) is 0 Å². The van der Waals surface area contributed by atoms with Gasteiger partial charge in [0.05, 0.1) is 16.3 Å². The number of carbonyl (C=O) groups excluding carboxylic acids is 1. The maximum Gasteiger partial charge on any atom is 0.418 e. The number of hydrogen-bond donors (Lipinski definition) is 1. The van der Waals surface area contributed by atoms with Gasteiger partial charge < -0.3 is 5.32 Å². The molecule has 0 spiro atoms. The van der Waals surface area contributed by atoms with E-state index in [2.05, 4.69) is 33.4 Å². The lowest BCUT2D eigenvalue weighted by molar-refractivity contribution is -0.137. The molecule has 4 unspecified atom stereocenters. The highest BCUT2D eigenvalue weighted by Crippen LogP contribution is 2.64. The maximum atomic E-state index is 13.4. The Morgan fingerprint density at radius 3 is 2.56 bits per heavy atom. The van der Waals surface area contributed by atoms with Crippen molar-refractivity contribution in [2.75, 3.05) is 5.32 Å². The Morgan fingerprint density at radius 1 is 1.08 bits per heavy atom. The van der Waals surface area contributed by atoms with Crippen LogP contribution in [0.4, 0.5) is 18.9 Å². The van der Waals surface area contributed by atoms with E-state index < -0.39 is 17.6 Å². The van der Waals surface area contributed by atoms with Crippen molar-refractivity contribution in [2.24, 2.45) is 17.8 Å². The summed E-state index contributed by atoms with van der Waals surface area (Å²) in [5.74, 6) is 1.10. The van der Waals surface area contributed by atoms with Crippen LogP contribution in [0, 0.1) is 17.8 Å². The minimum Gasteiger partial charge on any atom is -0.324 e. The minimum atomic E-state index is -4.59. The van der Waals surface area contributed by atoms with E-state index in [4.69, 9.17) is 0 Å². The second-order valence-corrected chi connectivity index (χ2v) is 12.8. The van der Waals surface area contributed by atoms with Crippen molar-refractivity contribution in [1.29, 1.82) is 0 Å². The zero-order chi connectivity index (χ0) is 25.2. The number of aromatic nitrogens is 1. The molecule has 2 bridgehead atoms. The van der Waals surface area contributed by atoms with Crippen LogP contribution in [0.5, 0.6) is 0 Å². The van der Waals surface area contributed by atoms with Gasteiger partial charge >= 0.3 is 11.0 Å². The number of para-hydroxylation sites is 1. The second-order valence-electron chi connectivity index (χ2n) is 9.74. The number of alkyl halides is 3. The Kier molecular flexibility index (Phi) is 6.12. The molecule has 5 atom stereocenters. The molecule has 4 nitrogen and oxygen atoms in total. The van der Waals surface area contributed by atoms with Gasteiger partial charge in [-0.25, -0.2) is 0 Å². The van der Waals surface area contributed by atoms with E-state index in [0.717, 1.165) is 20.4 Å². The summed E-state index contributed by atoms with van der Waals surface area (Å²) in [6.45, 7) is -0.317. The number of nitrogens with zero attached hydrogens (tertiary/aromatic N) is 1. The van der Waals surface area contributed by atoms with Crippen molar-refractivity contribution in [3.8, 4) is 0 Å². The number of fused-ring (bicyclic) bond motifs is 6. The van der Waals surface area contributed by atoms with Gasteiger partial charge in [-0.3, -0.25) is 14.2 Å². The molecule has 6 rings (SSSR count). The lowest BCUT2D eigenvalue weighted by Crippen LogP contribution is -2.34. The van der Waals surface area contributed by atoms with E-state index in [9.17, 15) is 22.8 Å². The quantitative estimate of drug-likeness (QED) is 0.354. The van der Waals surface area contributed by atoms with Gasteiger partial charge in [0.15, 0.2) is 0 Å². The van der Waals surface area contributed by atoms with Crippen LogP contribution in [-0.4, -0.2) is 15.7 Å². The molecule has 2 aromatic carbocycles. The number of rotatable bonds is 4. The molecule has 1 aliphatic heterocycles. The highest BCUT2D eigenvalue weighted by atomic mass is 79.9. The average Bonchev–Trinajstić information content (AvgIpc) is 3.52. The number of anilines is 1. The Morgan fingerprint density at radius 2 is 1.81 bits per heavy atom. The zero-order valence-corrected chi connectivity index (χ0v) is 22.1. The first kappa shape index (κ1) is 24.3. The van der Waals surface area contributed by atoms with Gasteiger partial charge in [0.25, 0.3) is 0 Å². The molecule has 1 N–H and O–H groups in total. The summed E-state index contributed by atoms with van der Waals surface area (Å²) in [5, 5.41) is 3.55. The normalized spacial score (nSPS) is 26.5. The molecule has 10 heteroatoms. The number of nitrogens with one attached hydrogen (secondary N) is 1. The summed E-state index contributed by atoms with van der Waals surface area (Å²) in [6.07, 6.45) is -0.994. The van der Waals surface area contributed by atoms with Crippen molar-refractivity contribution in [2.45, 2.75) is 48.2 Å². The highest BCUT2D eigenvalue weighted by molar-refractivity contribution is 9.10. The topological polar surface area (TPSA) is 51.1 Å². The molecular formula is C26H22BrF3N2O2S2. The number of halogens is 4. The first-order valence-corrected chi connectivity index (χ1v) is 14.3. The molecule has 0 saturated heterocycles. The van der Waals surface area contributed by atoms with Crippen LogP contribution < -0.4 is 10.2 Å². The van der Waals surface area contributed by atoms with Crippen molar-refractivity contribution >= 4 is 50.6 Å². The van der Waals surface area contributed by atoms with Crippen molar-refractivity contribution in [1.82, 2.24) is 4.57 Å². The van der Waals surface area contributed by atoms with Crippen LogP contribution in [0.15, 0.2) is 62.8 Å². The number of thiazole rings is 1. The molecular weight excluding hydrogens is 573 g/mol. The predicted molar refractivity (Wildman–Crippen MR) is 139 cm³/mol. The molecule has 1 aromatic heterocycles. The molecule has 2 fully saturated rings. The van der Waals surface area contributed by atoms with Crippen molar-refractivity contribution in [3.05, 3.63) is 78.7 Å². The van der Waals surface area contributed by atoms with Crippen LogP contribution in [0.25, 0.3) is 0 Å². The van der Waals surface area contributed by atoms with E-state index in [1.807, 2.05) is 12.1 Å². The molecule has 1 amide bonds. The van der Waals surface area contributed by atoms with Gasteiger partial charge in [0.2, 0.25) is 5.91 Å². The molecule has 3 aromatic rings. The molecule has 36 heavy (non-hydrogen) atoms. The van der Waals surface area contributed by atoms with E-state index in [0.29, 0.717) is 23.0 Å². The summed E-state index contributed by atoms with van der Waals surface area (Å²) >= 11 is 6.38. The minimum absolute atomic E-state index is 0.0858. The van der Waals surface area contributed by atoms with Gasteiger partial charge in [-0.05, 0) is 66.8 Å². The predicted octanol–water partition coefficient (Wildman–Crippen LogP) is 6.98. The summed E-state index contributed by atoms with van der Waals surface area (Å²) in [7, 11) is 0. The van der Waals surface area contributed by atoms with Crippen LogP contribution >= 0.6 is 39.0 Å². The lowest BCUT2D eigenvalue weighted by atomic mass is 9.75. The van der Waals surface area contributed by atoms with Crippen LogP contribution in [0.1, 0.15) is 41.2 Å². The first-order chi connectivity index (χ1) is 17.2. The monoisotopic (exact) mass is 594 g/mol. The van der Waals surface area contributed by atoms with Gasteiger partial charge in [-0.1, -0.05) is 51.5 Å². The third kappa shape index (κ3) is 4.15. The highest BCUT2D eigenvalue weighted by Gasteiger charge is 2.55. The summed E-state index contributed by atoms with van der Waals surface area (Å²) in [6, 6.07) is 13.1. The fourth-order valence-corrected chi connectivity index (χ4v) is 9.72. The molecule has 0 radical (unpaired) electrons. The zero-order valence-electron chi connectivity index (χ0n) is 18.9. The summed E-state index contributed by atoms with van der Waals surface area (Å²) in [4.78, 5) is 26.8. The Hall–Kier alpha value is -2.04. The lowest BCUT2D eigenvalue weighted by Gasteiger charge is -2.40. The average molecular weight is 596 g/mol. The number of carbonyl (C=O) groups is 1. The number of amides is 1. The Bertz CT molecular complexity index is 1390. The fraction of sp³-hybridized carbons (Fsp3) is 0.385. The first-order valence-electron chi connectivity index (χ1n) is 11.8. The molecule has 2 saturated carbocycles. The van der Waals surface area contributed by atoms with Crippen LogP contribution in [0.2, 0.25) is 0 Å². The second kappa shape index (κ2) is 9.06. The van der Waals surface area contributed by atoms with Gasteiger partial charge in [-0.2, -0.15) is 13.2 Å². The molecule has 3 aliphatic rings. The van der Waals surface area contributed by atoms with Crippen molar-refractivity contribution < 1.29 is 18.0 Å². The van der Waals surface area contributed by atoms with Crippen LogP contribution in [-0.2, 0) is 17.5 Å². The van der Waals surface area contributed by atoms with E-state index >= 15 is 0 Å². The third-order valence-electron chi connectivity index (χ3n) is 7.73. The molecule has 2 aliphatic carbocycles. The SMILES string of the molecule is O=C(Cn1c2c(sc1=O)[C@H](c1ccc(Br)cc1)C1C3CCC(C3)C1S2)Nc1ccccc1C(F)(F)F. The summed E-state index contributed by atoms with van der Waals surface area (Å²) < 4.78 is 42.6. The van der Waals surface area contributed by atoms with Gasteiger partial charge in [0.1, 0.15) is 6.54 Å². The summed E-state index contributed by atoms with van der Waals surface area (Å²) in [5.41, 5.74) is -0.0486. The fourth-order valence-electron chi connectivity index (χ4n) is 6.30. The maximum absolute atomic E-state index is 13.4. The largest absolute Gasteiger partial charge is 0.418 e.